The number of amides is 2. The molecule has 1 saturated heterocycles. The van der Waals surface area contributed by atoms with Crippen molar-refractivity contribution in [3.63, 3.8) is 0 Å². The van der Waals surface area contributed by atoms with E-state index >= 15 is 4.39 Å². The summed E-state index contributed by atoms with van der Waals surface area (Å²) in [6.45, 7) is 5.65. The number of benzene rings is 1. The fourth-order valence-electron chi connectivity index (χ4n) is 5.98. The van der Waals surface area contributed by atoms with E-state index in [0.29, 0.717) is 25.4 Å². The van der Waals surface area contributed by atoms with Crippen LogP contribution in [0.25, 0.3) is 0 Å². The highest BCUT2D eigenvalue weighted by Gasteiger charge is 2.42. The van der Waals surface area contributed by atoms with Crippen LogP contribution >= 0.6 is 11.6 Å². The maximum Gasteiger partial charge on any atom is 0.407 e. The van der Waals surface area contributed by atoms with Crippen molar-refractivity contribution < 1.29 is 18.7 Å². The van der Waals surface area contributed by atoms with Crippen molar-refractivity contribution in [3.05, 3.63) is 47.0 Å². The van der Waals surface area contributed by atoms with Gasteiger partial charge in [-0.1, -0.05) is 69.9 Å². The van der Waals surface area contributed by atoms with Gasteiger partial charge in [0.2, 0.25) is 17.0 Å². The van der Waals surface area contributed by atoms with Gasteiger partial charge in [-0.05, 0) is 49.0 Å². The second kappa shape index (κ2) is 13.7. The number of nitrogens with one attached hydrogen (secondary N) is 3. The molecule has 2 atom stereocenters. The monoisotopic (exact) mass is 589 g/mol. The fourth-order valence-corrected chi connectivity index (χ4v) is 6.14. The molecule has 12 heteroatoms. The molecule has 2 aromatic rings. The zero-order valence-corrected chi connectivity index (χ0v) is 25.0. The lowest BCUT2D eigenvalue weighted by molar-refractivity contribution is -0.124. The SMILES string of the molecule is CN(C)C1CN(c2nc(Cl)nc(NNC(=O)[C@@H](CNC(=O)OCc3ccccc3)CC3CCCC3)c2F)CC1(C)C. The number of likely N-dealkylation sites (N-methyl/N-ethyl adjacent to an activating group) is 1. The van der Waals surface area contributed by atoms with Crippen LogP contribution in [0, 0.1) is 23.1 Å². The zero-order valence-electron chi connectivity index (χ0n) is 24.3. The number of alkyl carbamates (subject to hydrolysis) is 1. The first-order valence-corrected chi connectivity index (χ1v) is 14.6. The van der Waals surface area contributed by atoms with Crippen LogP contribution in [0.5, 0.6) is 0 Å². The predicted molar refractivity (Wildman–Crippen MR) is 157 cm³/mol. The molecule has 1 aliphatic heterocycles. The minimum atomic E-state index is -0.695. The van der Waals surface area contributed by atoms with E-state index in [1.54, 1.807) is 0 Å². The Morgan fingerprint density at radius 2 is 1.90 bits per heavy atom. The van der Waals surface area contributed by atoms with E-state index in [4.69, 9.17) is 16.3 Å². The van der Waals surface area contributed by atoms with Crippen LogP contribution in [-0.4, -0.2) is 66.6 Å². The third kappa shape index (κ3) is 8.19. The van der Waals surface area contributed by atoms with Gasteiger partial charge in [0.1, 0.15) is 6.61 Å². The van der Waals surface area contributed by atoms with Crippen molar-refractivity contribution in [1.82, 2.24) is 25.6 Å². The van der Waals surface area contributed by atoms with Gasteiger partial charge in [0.25, 0.3) is 0 Å². The number of carbonyl (C=O) groups is 2. The maximum absolute atomic E-state index is 15.6. The Morgan fingerprint density at radius 1 is 1.20 bits per heavy atom. The third-order valence-corrected chi connectivity index (χ3v) is 8.27. The Hall–Kier alpha value is -3.18. The van der Waals surface area contributed by atoms with Crippen LogP contribution < -0.4 is 21.1 Å². The normalized spacial score (nSPS) is 19.3. The molecule has 2 fully saturated rings. The van der Waals surface area contributed by atoms with Crippen molar-refractivity contribution in [1.29, 1.82) is 0 Å². The van der Waals surface area contributed by atoms with E-state index in [1.807, 2.05) is 49.3 Å². The summed E-state index contributed by atoms with van der Waals surface area (Å²) in [6, 6.07) is 9.55. The Morgan fingerprint density at radius 3 is 2.56 bits per heavy atom. The molecule has 1 saturated carbocycles. The van der Waals surface area contributed by atoms with Crippen LogP contribution in [0.3, 0.4) is 0 Å². The van der Waals surface area contributed by atoms with Gasteiger partial charge in [-0.3, -0.25) is 15.6 Å². The molecule has 1 aliphatic carbocycles. The molecule has 2 amide bonds. The van der Waals surface area contributed by atoms with Crippen molar-refractivity contribution >= 4 is 35.2 Å². The molecular weight excluding hydrogens is 549 g/mol. The number of nitrogens with zero attached hydrogens (tertiary/aromatic N) is 4. The lowest BCUT2D eigenvalue weighted by Gasteiger charge is -2.30. The molecule has 2 heterocycles. The Bertz CT molecular complexity index is 1190. The summed E-state index contributed by atoms with van der Waals surface area (Å²) in [6.07, 6.45) is 4.32. The molecule has 10 nitrogen and oxygen atoms in total. The maximum atomic E-state index is 15.6. The number of hydrazine groups is 1. The first kappa shape index (κ1) is 30.8. The molecule has 0 bridgehead atoms. The highest BCUT2D eigenvalue weighted by molar-refractivity contribution is 6.28. The number of anilines is 2. The first-order chi connectivity index (χ1) is 19.5. The first-order valence-electron chi connectivity index (χ1n) is 14.2. The van der Waals surface area contributed by atoms with E-state index in [0.717, 1.165) is 31.2 Å². The molecule has 0 radical (unpaired) electrons. The number of hydrogen-bond donors (Lipinski definition) is 3. The number of halogens is 2. The van der Waals surface area contributed by atoms with Gasteiger partial charge in [0.15, 0.2) is 11.6 Å². The van der Waals surface area contributed by atoms with Crippen LogP contribution in [0.1, 0.15) is 51.5 Å². The average molecular weight is 590 g/mol. The lowest BCUT2D eigenvalue weighted by atomic mass is 9.87. The van der Waals surface area contributed by atoms with Gasteiger partial charge in [0.05, 0.1) is 5.92 Å². The predicted octanol–water partition coefficient (Wildman–Crippen LogP) is 4.61. The molecule has 4 rings (SSSR count). The molecule has 0 spiro atoms. The Kier molecular flexibility index (Phi) is 10.2. The van der Waals surface area contributed by atoms with Crippen molar-refractivity contribution in [2.75, 3.05) is 44.1 Å². The van der Waals surface area contributed by atoms with Gasteiger partial charge < -0.3 is 19.9 Å². The van der Waals surface area contributed by atoms with Gasteiger partial charge in [-0.15, -0.1) is 0 Å². The zero-order chi connectivity index (χ0) is 29.6. The molecule has 1 aromatic carbocycles. The largest absolute Gasteiger partial charge is 0.445 e. The quantitative estimate of drug-likeness (QED) is 0.257. The Labute approximate surface area is 246 Å². The van der Waals surface area contributed by atoms with Gasteiger partial charge in [0, 0.05) is 25.7 Å². The summed E-state index contributed by atoms with van der Waals surface area (Å²) >= 11 is 6.18. The standard InChI is InChI=1S/C29H41ClFN7O3/c1-29(2)18-38(16-22(29)37(3)4)25-23(31)24(33-27(30)34-25)35-36-26(39)21(14-19-10-8-9-11-19)15-32-28(40)41-17-20-12-6-5-7-13-20/h5-7,12-13,19,21-22H,8-11,14-18H2,1-4H3,(H,32,40)(H,36,39)(H,33,34,35)/t21-,22?/m1/s1. The van der Waals surface area contributed by atoms with Crippen LogP contribution in [0.2, 0.25) is 5.28 Å². The minimum Gasteiger partial charge on any atom is -0.445 e. The molecule has 1 aromatic heterocycles. The number of ether oxygens (including phenoxy) is 1. The van der Waals surface area contributed by atoms with Crippen LogP contribution in [0.15, 0.2) is 30.3 Å². The minimum absolute atomic E-state index is 0.0875. The smallest absolute Gasteiger partial charge is 0.407 e. The summed E-state index contributed by atoms with van der Waals surface area (Å²) in [5.74, 6) is -1.37. The molecule has 1 unspecified atom stereocenters. The van der Waals surface area contributed by atoms with E-state index in [2.05, 4.69) is 44.9 Å². The van der Waals surface area contributed by atoms with E-state index in [1.165, 1.54) is 0 Å². The van der Waals surface area contributed by atoms with Gasteiger partial charge >= 0.3 is 6.09 Å². The van der Waals surface area contributed by atoms with Crippen molar-refractivity contribution in [2.24, 2.45) is 17.3 Å². The molecular formula is C29H41ClFN7O3. The van der Waals surface area contributed by atoms with Crippen molar-refractivity contribution in [2.45, 2.75) is 58.6 Å². The molecule has 3 N–H and O–H groups in total. The second-order valence-electron chi connectivity index (χ2n) is 12.0. The Balaban J connectivity index is 1.39. The van der Waals surface area contributed by atoms with Gasteiger partial charge in [-0.25, -0.2) is 4.79 Å². The van der Waals surface area contributed by atoms with E-state index < -0.39 is 17.8 Å². The fraction of sp³-hybridized carbons (Fsp3) is 0.586. The van der Waals surface area contributed by atoms with E-state index in [9.17, 15) is 9.59 Å². The average Bonchev–Trinajstić information content (AvgIpc) is 3.57. The third-order valence-electron chi connectivity index (χ3n) is 8.10. The lowest BCUT2D eigenvalue weighted by Crippen LogP contribution is -2.42. The number of hydrogen-bond acceptors (Lipinski definition) is 8. The van der Waals surface area contributed by atoms with E-state index in [-0.39, 0.29) is 47.4 Å². The summed E-state index contributed by atoms with van der Waals surface area (Å²) in [7, 11) is 4.00. The summed E-state index contributed by atoms with van der Waals surface area (Å²) < 4.78 is 20.9. The summed E-state index contributed by atoms with van der Waals surface area (Å²) in [5.41, 5.74) is 5.98. The highest BCUT2D eigenvalue weighted by atomic mass is 35.5. The number of carbonyl (C=O) groups excluding carboxylic acids is 2. The summed E-state index contributed by atoms with van der Waals surface area (Å²) in [5, 5.41) is 2.58. The van der Waals surface area contributed by atoms with Gasteiger partial charge in [-0.2, -0.15) is 14.4 Å². The van der Waals surface area contributed by atoms with Crippen LogP contribution in [-0.2, 0) is 16.1 Å². The summed E-state index contributed by atoms with van der Waals surface area (Å²) in [4.78, 5) is 37.7. The molecule has 2 aliphatic rings. The number of rotatable bonds is 11. The number of aromatic nitrogens is 2. The second-order valence-corrected chi connectivity index (χ2v) is 12.3. The molecule has 224 valence electrons. The van der Waals surface area contributed by atoms with Crippen molar-refractivity contribution in [3.8, 4) is 0 Å². The van der Waals surface area contributed by atoms with Crippen LogP contribution in [0.4, 0.5) is 20.8 Å². The molecule has 41 heavy (non-hydrogen) atoms. The highest BCUT2D eigenvalue weighted by Crippen LogP contribution is 2.37. The topological polar surface area (TPSA) is 112 Å².